The lowest BCUT2D eigenvalue weighted by Gasteiger charge is -2.34. The molecule has 37 heavy (non-hydrogen) atoms. The number of hydrogen-bond acceptors (Lipinski definition) is 7. The van der Waals surface area contributed by atoms with Crippen LogP contribution in [0.5, 0.6) is 0 Å². The van der Waals surface area contributed by atoms with Gasteiger partial charge in [0, 0.05) is 43.0 Å². The number of piperazine rings is 1. The number of hydrogen-bond donors (Lipinski definition) is 0. The SMILES string of the molecule is Cc1ccc2oc(N3CCN(C(=O)c4ccc(-c5ncn(C(C)(C)C)n5)c(C(F)(F)F)c4)CC3)nc2n1. The summed E-state index contributed by atoms with van der Waals surface area (Å²) in [6.07, 6.45) is -3.28. The van der Waals surface area contributed by atoms with Gasteiger partial charge in [0.25, 0.3) is 11.9 Å². The Morgan fingerprint density at radius 2 is 1.73 bits per heavy atom. The molecule has 3 aromatic heterocycles. The molecule has 1 aliphatic heterocycles. The van der Waals surface area contributed by atoms with Crippen molar-refractivity contribution in [1.29, 1.82) is 0 Å². The van der Waals surface area contributed by atoms with Crippen LogP contribution in [0.25, 0.3) is 22.6 Å². The van der Waals surface area contributed by atoms with Crippen LogP contribution in [0.15, 0.2) is 41.1 Å². The third-order valence-electron chi connectivity index (χ3n) is 6.21. The Bertz CT molecular complexity index is 1460. The van der Waals surface area contributed by atoms with E-state index >= 15 is 0 Å². The minimum atomic E-state index is -4.68. The Morgan fingerprint density at radius 3 is 2.38 bits per heavy atom. The number of fused-ring (bicyclic) bond motifs is 1. The van der Waals surface area contributed by atoms with Gasteiger partial charge in [-0.25, -0.2) is 14.6 Å². The molecule has 1 saturated heterocycles. The monoisotopic (exact) mass is 513 g/mol. The molecule has 194 valence electrons. The van der Waals surface area contributed by atoms with Gasteiger partial charge >= 0.3 is 6.18 Å². The second kappa shape index (κ2) is 8.86. The van der Waals surface area contributed by atoms with Crippen LogP contribution in [0, 0.1) is 6.92 Å². The van der Waals surface area contributed by atoms with E-state index in [1.807, 2.05) is 38.7 Å². The van der Waals surface area contributed by atoms with Gasteiger partial charge in [-0.05, 0) is 58.0 Å². The van der Waals surface area contributed by atoms with E-state index in [1.54, 1.807) is 6.07 Å². The lowest BCUT2D eigenvalue weighted by Crippen LogP contribution is -2.49. The van der Waals surface area contributed by atoms with Crippen molar-refractivity contribution < 1.29 is 22.4 Å². The van der Waals surface area contributed by atoms with Gasteiger partial charge in [-0.3, -0.25) is 4.79 Å². The molecule has 0 atom stereocenters. The predicted octanol–water partition coefficient (Wildman–Crippen LogP) is 4.53. The molecule has 1 fully saturated rings. The van der Waals surface area contributed by atoms with E-state index < -0.39 is 23.2 Å². The molecule has 1 aliphatic rings. The largest absolute Gasteiger partial charge is 0.422 e. The van der Waals surface area contributed by atoms with Gasteiger partial charge in [0.15, 0.2) is 11.4 Å². The Morgan fingerprint density at radius 1 is 1.00 bits per heavy atom. The highest BCUT2D eigenvalue weighted by Crippen LogP contribution is 2.37. The van der Waals surface area contributed by atoms with Crippen LogP contribution < -0.4 is 4.90 Å². The van der Waals surface area contributed by atoms with Crippen LogP contribution in [0.3, 0.4) is 0 Å². The standard InChI is InChI=1S/C25H26F3N7O2/c1-15-5-8-19-21(30-15)31-23(37-19)34-11-9-33(10-12-34)22(36)16-6-7-17(18(13-16)25(26,27)28)20-29-14-35(32-20)24(2,3)4/h5-8,13-14H,9-12H2,1-4H3. The summed E-state index contributed by atoms with van der Waals surface area (Å²) in [6.45, 7) is 8.96. The summed E-state index contributed by atoms with van der Waals surface area (Å²) >= 11 is 0. The van der Waals surface area contributed by atoms with Crippen LogP contribution in [0.4, 0.5) is 19.2 Å². The number of nitrogens with zero attached hydrogens (tertiary/aromatic N) is 7. The lowest BCUT2D eigenvalue weighted by molar-refractivity contribution is -0.137. The van der Waals surface area contributed by atoms with E-state index in [1.165, 1.54) is 28.0 Å². The maximum atomic E-state index is 14.0. The molecule has 5 rings (SSSR count). The average molecular weight is 514 g/mol. The minimum absolute atomic E-state index is 0.0404. The molecule has 1 amide bonds. The van der Waals surface area contributed by atoms with Crippen LogP contribution >= 0.6 is 0 Å². The summed E-state index contributed by atoms with van der Waals surface area (Å²) in [7, 11) is 0. The van der Waals surface area contributed by atoms with E-state index in [4.69, 9.17) is 4.42 Å². The summed E-state index contributed by atoms with van der Waals surface area (Å²) in [5, 5.41) is 4.23. The molecule has 9 nitrogen and oxygen atoms in total. The van der Waals surface area contributed by atoms with Crippen LogP contribution in [0.2, 0.25) is 0 Å². The first kappa shape index (κ1) is 24.7. The molecule has 0 bridgehead atoms. The van der Waals surface area contributed by atoms with Crippen LogP contribution in [-0.2, 0) is 11.7 Å². The number of benzene rings is 1. The Hall–Kier alpha value is -3.96. The zero-order valence-electron chi connectivity index (χ0n) is 20.9. The van der Waals surface area contributed by atoms with Gasteiger partial charge in [0.05, 0.1) is 11.1 Å². The summed E-state index contributed by atoms with van der Waals surface area (Å²) in [5.41, 5.74) is 0.312. The number of amides is 1. The molecule has 4 aromatic rings. The summed E-state index contributed by atoms with van der Waals surface area (Å²) < 4.78 is 49.3. The molecular formula is C25H26F3N7O2. The number of oxazole rings is 1. The van der Waals surface area contributed by atoms with Crippen molar-refractivity contribution in [2.45, 2.75) is 39.4 Å². The third-order valence-corrected chi connectivity index (χ3v) is 6.21. The highest BCUT2D eigenvalue weighted by Gasteiger charge is 2.36. The predicted molar refractivity (Wildman–Crippen MR) is 130 cm³/mol. The topological polar surface area (TPSA) is 93.2 Å². The van der Waals surface area contributed by atoms with Gasteiger partial charge < -0.3 is 14.2 Å². The number of pyridine rings is 1. The van der Waals surface area contributed by atoms with E-state index in [9.17, 15) is 18.0 Å². The first-order valence-electron chi connectivity index (χ1n) is 11.8. The van der Waals surface area contributed by atoms with Gasteiger partial charge in [0.1, 0.15) is 6.33 Å². The van der Waals surface area contributed by atoms with Crippen molar-refractivity contribution in [3.05, 3.63) is 53.5 Å². The van der Waals surface area contributed by atoms with E-state index in [0.29, 0.717) is 43.4 Å². The Labute approximate surface area is 210 Å². The maximum Gasteiger partial charge on any atom is 0.417 e. The second-order valence-corrected chi connectivity index (χ2v) is 9.99. The molecule has 0 radical (unpaired) electrons. The fourth-order valence-corrected chi connectivity index (χ4v) is 4.14. The summed E-state index contributed by atoms with van der Waals surface area (Å²) in [6, 6.07) is 7.59. The fraction of sp³-hybridized carbons (Fsp3) is 0.400. The van der Waals surface area contributed by atoms with Crippen molar-refractivity contribution in [2.24, 2.45) is 0 Å². The number of alkyl halides is 3. The first-order valence-corrected chi connectivity index (χ1v) is 11.8. The smallest absolute Gasteiger partial charge is 0.417 e. The highest BCUT2D eigenvalue weighted by atomic mass is 19.4. The molecule has 0 spiro atoms. The fourth-order valence-electron chi connectivity index (χ4n) is 4.14. The van der Waals surface area contributed by atoms with E-state index in [2.05, 4.69) is 20.1 Å². The number of aromatic nitrogens is 5. The van der Waals surface area contributed by atoms with Crippen molar-refractivity contribution in [2.75, 3.05) is 31.1 Å². The molecular weight excluding hydrogens is 487 g/mol. The van der Waals surface area contributed by atoms with Crippen molar-refractivity contribution in [3.63, 3.8) is 0 Å². The molecule has 4 heterocycles. The average Bonchev–Trinajstić information content (AvgIpc) is 3.50. The third kappa shape index (κ3) is 4.87. The number of carbonyl (C=O) groups excluding carboxylic acids is 1. The quantitative estimate of drug-likeness (QED) is 0.398. The van der Waals surface area contributed by atoms with Gasteiger partial charge in [-0.1, -0.05) is 0 Å². The van der Waals surface area contributed by atoms with Gasteiger partial charge in [0.2, 0.25) is 5.65 Å². The summed E-state index contributed by atoms with van der Waals surface area (Å²) in [5.74, 6) is -0.516. The van der Waals surface area contributed by atoms with Crippen molar-refractivity contribution in [3.8, 4) is 11.4 Å². The first-order chi connectivity index (χ1) is 17.4. The molecule has 12 heteroatoms. The molecule has 1 aromatic carbocycles. The lowest BCUT2D eigenvalue weighted by atomic mass is 10.0. The van der Waals surface area contributed by atoms with Crippen LogP contribution in [0.1, 0.15) is 42.4 Å². The number of halogens is 3. The Kier molecular flexibility index (Phi) is 5.92. The van der Waals surface area contributed by atoms with Gasteiger partial charge in [-0.15, -0.1) is 0 Å². The summed E-state index contributed by atoms with van der Waals surface area (Å²) in [4.78, 5) is 29.4. The number of anilines is 1. The normalized spacial score (nSPS) is 15.0. The number of aryl methyl sites for hydroxylation is 1. The van der Waals surface area contributed by atoms with E-state index in [0.717, 1.165) is 11.8 Å². The van der Waals surface area contributed by atoms with Crippen molar-refractivity contribution >= 4 is 23.2 Å². The van der Waals surface area contributed by atoms with Crippen LogP contribution in [-0.4, -0.2) is 61.7 Å². The zero-order valence-corrected chi connectivity index (χ0v) is 20.9. The minimum Gasteiger partial charge on any atom is -0.422 e. The zero-order chi connectivity index (χ0) is 26.5. The molecule has 0 aliphatic carbocycles. The molecule has 0 saturated carbocycles. The molecule has 0 N–H and O–H groups in total. The highest BCUT2D eigenvalue weighted by molar-refractivity contribution is 5.95. The Balaban J connectivity index is 1.34. The van der Waals surface area contributed by atoms with E-state index in [-0.39, 0.29) is 17.0 Å². The van der Waals surface area contributed by atoms with Crippen molar-refractivity contribution in [1.82, 2.24) is 29.6 Å². The number of rotatable bonds is 3. The second-order valence-electron chi connectivity index (χ2n) is 9.99. The molecule has 0 unspecified atom stereocenters. The van der Waals surface area contributed by atoms with Gasteiger partial charge in [-0.2, -0.15) is 23.3 Å². The number of carbonyl (C=O) groups is 1. The maximum absolute atomic E-state index is 14.0.